The van der Waals surface area contributed by atoms with E-state index in [0.717, 1.165) is 5.56 Å². The summed E-state index contributed by atoms with van der Waals surface area (Å²) < 4.78 is 52.6. The van der Waals surface area contributed by atoms with Crippen LogP contribution in [0.2, 0.25) is 5.02 Å². The average molecular weight is 450 g/mol. The van der Waals surface area contributed by atoms with Crippen LogP contribution < -0.4 is 4.72 Å². The summed E-state index contributed by atoms with van der Waals surface area (Å²) in [4.78, 5) is 12.4. The van der Waals surface area contributed by atoms with Crippen molar-refractivity contribution in [2.45, 2.75) is 11.8 Å². The molecule has 0 unspecified atom stereocenters. The van der Waals surface area contributed by atoms with E-state index in [1.165, 1.54) is 42.5 Å². The second-order valence-corrected chi connectivity index (χ2v) is 11.8. The molecular weight excluding hydrogens is 434 g/mol. The van der Waals surface area contributed by atoms with Crippen LogP contribution >= 0.6 is 11.6 Å². The summed E-state index contributed by atoms with van der Waals surface area (Å²) in [5.41, 5.74) is 0.838. The number of halogens is 1. The van der Waals surface area contributed by atoms with Crippen LogP contribution in [0.25, 0.3) is 0 Å². The highest BCUT2D eigenvalue weighted by Gasteiger charge is 2.33. The highest BCUT2D eigenvalue weighted by Crippen LogP contribution is 2.27. The van der Waals surface area contributed by atoms with Gasteiger partial charge in [0, 0.05) is 16.1 Å². The first-order chi connectivity index (χ1) is 13.6. The van der Waals surface area contributed by atoms with Gasteiger partial charge in [-0.15, -0.1) is 0 Å². The van der Waals surface area contributed by atoms with Crippen molar-refractivity contribution in [1.82, 2.24) is 0 Å². The minimum Gasteiger partial charge on any atom is -0.289 e. The summed E-state index contributed by atoms with van der Waals surface area (Å²) >= 11 is 5.97. The molecule has 0 aliphatic carbocycles. The molecule has 3 aromatic carbocycles. The molecule has 1 N–H and O–H groups in total. The van der Waals surface area contributed by atoms with Gasteiger partial charge >= 0.3 is 9.06 Å². The second kappa shape index (κ2) is 7.98. The van der Waals surface area contributed by atoms with Crippen LogP contribution in [-0.4, -0.2) is 22.6 Å². The van der Waals surface area contributed by atoms with E-state index in [1.807, 2.05) is 4.72 Å². The highest BCUT2D eigenvalue weighted by atomic mass is 35.5. The second-order valence-electron chi connectivity index (χ2n) is 6.21. The Morgan fingerprint density at radius 2 is 1.48 bits per heavy atom. The maximum atomic E-state index is 12.8. The third-order valence-corrected chi connectivity index (χ3v) is 8.79. The first kappa shape index (κ1) is 21.0. The molecule has 0 aliphatic rings. The summed E-state index contributed by atoms with van der Waals surface area (Å²) in [5, 5.41) is 0.202. The predicted molar refractivity (Wildman–Crippen MR) is 112 cm³/mol. The lowest BCUT2D eigenvalue weighted by Gasteiger charge is -2.13. The first-order valence-corrected chi connectivity index (χ1v) is 12.2. The van der Waals surface area contributed by atoms with Gasteiger partial charge in [-0.2, -0.15) is 8.42 Å². The number of nitrogens with one attached hydrogen (secondary N) is 1. The molecule has 0 atom stereocenters. The number of hydrogen-bond acceptors (Lipinski definition) is 5. The average Bonchev–Trinajstić information content (AvgIpc) is 2.69. The minimum absolute atomic E-state index is 0.0635. The largest absolute Gasteiger partial charge is 0.343 e. The molecule has 0 heterocycles. The van der Waals surface area contributed by atoms with Gasteiger partial charge in [-0.25, -0.2) is 8.42 Å². The predicted octanol–water partition coefficient (Wildman–Crippen LogP) is 4.01. The van der Waals surface area contributed by atoms with Gasteiger partial charge in [-0.3, -0.25) is 9.52 Å². The molecule has 29 heavy (non-hydrogen) atoms. The normalized spacial score (nSPS) is 11.8. The van der Waals surface area contributed by atoms with Crippen molar-refractivity contribution in [3.63, 3.8) is 0 Å². The number of rotatable bonds is 6. The van der Waals surface area contributed by atoms with E-state index < -0.39 is 23.7 Å². The van der Waals surface area contributed by atoms with Crippen molar-refractivity contribution in [3.05, 3.63) is 94.5 Å². The standard InChI is InChI=1S/C20H16ClNO5S2/c1-14-7-10-17(11-8-14)28(24,25)29(26,27)22-19-12-9-16(21)13-18(19)20(23)15-5-3-2-4-6-15/h2-13,22H,1H3. The molecule has 0 aliphatic heterocycles. The van der Waals surface area contributed by atoms with Crippen LogP contribution in [0.15, 0.2) is 77.7 Å². The third kappa shape index (κ3) is 4.34. The van der Waals surface area contributed by atoms with Gasteiger partial charge in [0.25, 0.3) is 8.87 Å². The lowest BCUT2D eigenvalue weighted by molar-refractivity contribution is 0.103. The summed E-state index contributed by atoms with van der Waals surface area (Å²) in [6.07, 6.45) is 0. The monoisotopic (exact) mass is 449 g/mol. The molecule has 6 nitrogen and oxygen atoms in total. The van der Waals surface area contributed by atoms with Crippen molar-refractivity contribution in [1.29, 1.82) is 0 Å². The summed E-state index contributed by atoms with van der Waals surface area (Å²) in [7, 11) is -9.66. The van der Waals surface area contributed by atoms with Crippen molar-refractivity contribution in [3.8, 4) is 0 Å². The van der Waals surface area contributed by atoms with Gasteiger partial charge in [-0.05, 0) is 37.3 Å². The third-order valence-electron chi connectivity index (χ3n) is 4.10. The fourth-order valence-corrected chi connectivity index (χ4v) is 5.70. The topological polar surface area (TPSA) is 97.4 Å². The minimum atomic E-state index is -4.90. The zero-order valence-corrected chi connectivity index (χ0v) is 17.6. The molecule has 0 saturated carbocycles. The number of ketones is 1. The van der Waals surface area contributed by atoms with E-state index in [-0.39, 0.29) is 21.2 Å². The van der Waals surface area contributed by atoms with Crippen molar-refractivity contribution < 1.29 is 21.6 Å². The van der Waals surface area contributed by atoms with Crippen molar-refractivity contribution in [2.75, 3.05) is 4.72 Å². The maximum absolute atomic E-state index is 12.8. The Labute approximate surface area is 173 Å². The molecule has 0 bridgehead atoms. The van der Waals surface area contributed by atoms with Crippen LogP contribution in [0.1, 0.15) is 21.5 Å². The number of carbonyl (C=O) groups excluding carboxylic acids is 1. The van der Waals surface area contributed by atoms with Gasteiger partial charge in [0.1, 0.15) is 0 Å². The number of hydrogen-bond donors (Lipinski definition) is 1. The van der Waals surface area contributed by atoms with E-state index in [4.69, 9.17) is 11.6 Å². The van der Waals surface area contributed by atoms with E-state index >= 15 is 0 Å². The number of carbonyl (C=O) groups is 1. The lowest BCUT2D eigenvalue weighted by Crippen LogP contribution is -2.24. The Kier molecular flexibility index (Phi) is 5.79. The Balaban J connectivity index is 2.04. The molecule has 0 spiro atoms. The van der Waals surface area contributed by atoms with Crippen molar-refractivity contribution in [2.24, 2.45) is 0 Å². The van der Waals surface area contributed by atoms with Gasteiger partial charge in [0.2, 0.25) is 0 Å². The lowest BCUT2D eigenvalue weighted by atomic mass is 10.0. The molecular formula is C20H16ClNO5S2. The molecule has 9 heteroatoms. The zero-order chi connectivity index (χ0) is 21.2. The van der Waals surface area contributed by atoms with Gasteiger partial charge in [0.15, 0.2) is 5.78 Å². The molecule has 0 radical (unpaired) electrons. The van der Waals surface area contributed by atoms with Gasteiger partial charge < -0.3 is 0 Å². The van der Waals surface area contributed by atoms with E-state index in [2.05, 4.69) is 0 Å². The Bertz CT molecular complexity index is 1270. The summed E-state index contributed by atoms with van der Waals surface area (Å²) in [6, 6.07) is 17.5. The SMILES string of the molecule is Cc1ccc(S(=O)(=O)S(=O)(=O)Nc2ccc(Cl)cc2C(=O)c2ccccc2)cc1. The number of anilines is 1. The Morgan fingerprint density at radius 1 is 0.862 bits per heavy atom. The summed E-state index contributed by atoms with van der Waals surface area (Å²) in [5.74, 6) is -0.501. The Morgan fingerprint density at radius 3 is 2.10 bits per heavy atom. The molecule has 0 saturated heterocycles. The number of benzene rings is 3. The highest BCUT2D eigenvalue weighted by molar-refractivity contribution is 8.67. The molecule has 0 amide bonds. The maximum Gasteiger partial charge on any atom is 0.343 e. The van der Waals surface area contributed by atoms with Gasteiger partial charge in [0.05, 0.1) is 10.6 Å². The van der Waals surface area contributed by atoms with Crippen LogP contribution in [-0.2, 0) is 17.9 Å². The quantitative estimate of drug-likeness (QED) is 0.453. The van der Waals surface area contributed by atoms with Crippen molar-refractivity contribution >= 4 is 41.0 Å². The molecule has 0 aromatic heterocycles. The van der Waals surface area contributed by atoms with E-state index in [9.17, 15) is 21.6 Å². The van der Waals surface area contributed by atoms with Crippen LogP contribution in [0.3, 0.4) is 0 Å². The van der Waals surface area contributed by atoms with E-state index in [0.29, 0.717) is 5.56 Å². The molecule has 3 aromatic rings. The van der Waals surface area contributed by atoms with Gasteiger partial charge in [-0.1, -0.05) is 59.6 Å². The fraction of sp³-hybridized carbons (Fsp3) is 0.0500. The molecule has 0 fully saturated rings. The zero-order valence-electron chi connectivity index (χ0n) is 15.2. The Hall–Kier alpha value is -2.68. The smallest absolute Gasteiger partial charge is 0.289 e. The van der Waals surface area contributed by atoms with E-state index in [1.54, 1.807) is 37.3 Å². The number of aryl methyl sites for hydroxylation is 1. The molecule has 150 valence electrons. The van der Waals surface area contributed by atoms with Crippen LogP contribution in [0, 0.1) is 6.92 Å². The summed E-state index contributed by atoms with van der Waals surface area (Å²) in [6.45, 7) is 1.75. The fourth-order valence-electron chi connectivity index (χ4n) is 2.56. The van der Waals surface area contributed by atoms with Crippen LogP contribution in [0.4, 0.5) is 5.69 Å². The van der Waals surface area contributed by atoms with Crippen LogP contribution in [0.5, 0.6) is 0 Å². The molecule has 3 rings (SSSR count). The first-order valence-electron chi connectivity index (χ1n) is 8.35.